The maximum absolute atomic E-state index is 6.11. The van der Waals surface area contributed by atoms with Crippen molar-refractivity contribution in [3.8, 4) is 0 Å². The van der Waals surface area contributed by atoms with Crippen molar-refractivity contribution in [2.45, 2.75) is 58.2 Å². The fourth-order valence-corrected chi connectivity index (χ4v) is 4.93. The molecule has 1 rings (SSSR count). The predicted octanol–water partition coefficient (Wildman–Crippen LogP) is 3.11. The molecular formula is C14H30O4Si. The molecule has 1 saturated heterocycles. The summed E-state index contributed by atoms with van der Waals surface area (Å²) in [6, 6.07) is 2.06. The molecular weight excluding hydrogens is 260 g/mol. The van der Waals surface area contributed by atoms with Gasteiger partial charge in [-0.25, -0.2) is 0 Å². The Kier molecular flexibility index (Phi) is 8.90. The second kappa shape index (κ2) is 9.88. The summed E-state index contributed by atoms with van der Waals surface area (Å²) in [7, 11) is -1.98. The van der Waals surface area contributed by atoms with E-state index in [1.54, 1.807) is 0 Å². The summed E-state index contributed by atoms with van der Waals surface area (Å²) in [5.74, 6) is 0. The normalized spacial score (nSPS) is 18.8. The molecule has 114 valence electrons. The van der Waals surface area contributed by atoms with Crippen LogP contribution in [0.5, 0.6) is 0 Å². The SMILES string of the molecule is CCCO[Si](CC)(CCCOCC1CO1)OCCC. The fourth-order valence-electron chi connectivity index (χ4n) is 1.97. The van der Waals surface area contributed by atoms with Crippen molar-refractivity contribution < 1.29 is 18.3 Å². The van der Waals surface area contributed by atoms with Gasteiger partial charge in [-0.1, -0.05) is 20.8 Å². The summed E-state index contributed by atoms with van der Waals surface area (Å²) in [4.78, 5) is 0. The van der Waals surface area contributed by atoms with Crippen LogP contribution >= 0.6 is 0 Å². The summed E-state index contributed by atoms with van der Waals surface area (Å²) in [6.07, 6.45) is 3.50. The maximum Gasteiger partial charge on any atom is 0.337 e. The zero-order valence-corrected chi connectivity index (χ0v) is 13.8. The molecule has 0 bridgehead atoms. The number of rotatable bonds is 13. The second-order valence-corrected chi connectivity index (χ2v) is 8.70. The van der Waals surface area contributed by atoms with E-state index in [4.69, 9.17) is 18.3 Å². The summed E-state index contributed by atoms with van der Waals surface area (Å²) in [6.45, 7) is 10.5. The molecule has 0 spiro atoms. The smallest absolute Gasteiger partial charge is 0.337 e. The predicted molar refractivity (Wildman–Crippen MR) is 78.7 cm³/mol. The van der Waals surface area contributed by atoms with Crippen LogP contribution in [0.1, 0.15) is 40.0 Å². The van der Waals surface area contributed by atoms with Gasteiger partial charge in [-0.3, -0.25) is 0 Å². The van der Waals surface area contributed by atoms with Gasteiger partial charge in [-0.05, 0) is 31.4 Å². The van der Waals surface area contributed by atoms with Crippen molar-refractivity contribution in [2.24, 2.45) is 0 Å². The number of hydrogen-bond donors (Lipinski definition) is 0. The quantitative estimate of drug-likeness (QED) is 0.297. The first-order chi connectivity index (χ1) is 9.26. The third-order valence-corrected chi connectivity index (χ3v) is 6.88. The molecule has 19 heavy (non-hydrogen) atoms. The van der Waals surface area contributed by atoms with Crippen molar-refractivity contribution >= 4 is 8.56 Å². The Hall–Kier alpha value is 0.0569. The van der Waals surface area contributed by atoms with Crippen LogP contribution < -0.4 is 0 Å². The van der Waals surface area contributed by atoms with E-state index in [9.17, 15) is 0 Å². The van der Waals surface area contributed by atoms with Crippen molar-refractivity contribution in [1.82, 2.24) is 0 Å². The third-order valence-electron chi connectivity index (χ3n) is 3.23. The van der Waals surface area contributed by atoms with Gasteiger partial charge in [-0.15, -0.1) is 0 Å². The highest BCUT2D eigenvalue weighted by Crippen LogP contribution is 2.22. The number of ether oxygens (including phenoxy) is 2. The van der Waals surface area contributed by atoms with E-state index in [1.165, 1.54) is 0 Å². The average molecular weight is 290 g/mol. The highest BCUT2D eigenvalue weighted by molar-refractivity contribution is 6.67. The molecule has 0 N–H and O–H groups in total. The van der Waals surface area contributed by atoms with Crippen LogP contribution in [0.3, 0.4) is 0 Å². The van der Waals surface area contributed by atoms with E-state index in [-0.39, 0.29) is 0 Å². The minimum absolute atomic E-state index is 0.362. The Morgan fingerprint density at radius 1 is 1.05 bits per heavy atom. The Morgan fingerprint density at radius 2 is 1.68 bits per heavy atom. The van der Waals surface area contributed by atoms with Crippen molar-refractivity contribution in [2.75, 3.05) is 33.0 Å². The largest absolute Gasteiger partial charge is 0.394 e. The van der Waals surface area contributed by atoms with E-state index in [0.29, 0.717) is 6.10 Å². The lowest BCUT2D eigenvalue weighted by Crippen LogP contribution is -2.42. The van der Waals surface area contributed by atoms with Gasteiger partial charge in [0.2, 0.25) is 0 Å². The zero-order chi connectivity index (χ0) is 14.0. The molecule has 1 aliphatic rings. The lowest BCUT2D eigenvalue weighted by molar-refractivity contribution is 0.112. The van der Waals surface area contributed by atoms with E-state index in [2.05, 4.69) is 20.8 Å². The Labute approximate surface area is 119 Å². The van der Waals surface area contributed by atoms with E-state index in [0.717, 1.165) is 64.4 Å². The Bertz CT molecular complexity index is 213. The van der Waals surface area contributed by atoms with E-state index >= 15 is 0 Å². The topological polar surface area (TPSA) is 40.2 Å². The molecule has 5 heteroatoms. The molecule has 0 aliphatic carbocycles. The van der Waals surface area contributed by atoms with Crippen molar-refractivity contribution in [3.63, 3.8) is 0 Å². The Balaban J connectivity index is 2.23. The maximum atomic E-state index is 6.11. The van der Waals surface area contributed by atoms with Crippen molar-refractivity contribution in [3.05, 3.63) is 0 Å². The molecule has 1 unspecified atom stereocenters. The highest BCUT2D eigenvalue weighted by atomic mass is 28.4. The van der Waals surface area contributed by atoms with Gasteiger partial charge >= 0.3 is 8.56 Å². The first-order valence-electron chi connectivity index (χ1n) is 7.73. The summed E-state index contributed by atoms with van der Waals surface area (Å²) < 4.78 is 22.9. The minimum atomic E-state index is -1.98. The standard InChI is InChI=1S/C14H30O4Si/c1-4-8-17-19(6-3,18-9-5-2)11-7-10-15-12-14-13-16-14/h14H,4-13H2,1-3H3. The van der Waals surface area contributed by atoms with E-state index in [1.807, 2.05) is 0 Å². The van der Waals surface area contributed by atoms with Gasteiger partial charge in [0.1, 0.15) is 6.10 Å². The minimum Gasteiger partial charge on any atom is -0.394 e. The molecule has 0 aromatic carbocycles. The van der Waals surface area contributed by atoms with Gasteiger partial charge in [0.25, 0.3) is 0 Å². The molecule has 1 aliphatic heterocycles. The molecule has 0 saturated carbocycles. The lowest BCUT2D eigenvalue weighted by Gasteiger charge is -2.29. The zero-order valence-electron chi connectivity index (χ0n) is 12.8. The van der Waals surface area contributed by atoms with Crippen LogP contribution in [-0.4, -0.2) is 47.7 Å². The lowest BCUT2D eigenvalue weighted by atomic mass is 10.5. The summed E-state index contributed by atoms with van der Waals surface area (Å²) in [5.41, 5.74) is 0. The first kappa shape index (κ1) is 17.1. The molecule has 1 heterocycles. The van der Waals surface area contributed by atoms with Crippen LogP contribution in [0.4, 0.5) is 0 Å². The van der Waals surface area contributed by atoms with Crippen molar-refractivity contribution in [1.29, 1.82) is 0 Å². The fraction of sp³-hybridized carbons (Fsp3) is 1.00. The molecule has 0 radical (unpaired) electrons. The van der Waals surface area contributed by atoms with E-state index < -0.39 is 8.56 Å². The van der Waals surface area contributed by atoms with Crippen LogP contribution in [0, 0.1) is 0 Å². The number of epoxide rings is 1. The molecule has 0 aromatic rings. The van der Waals surface area contributed by atoms with Gasteiger partial charge in [0.05, 0.1) is 13.2 Å². The van der Waals surface area contributed by atoms with Gasteiger partial charge in [-0.2, -0.15) is 0 Å². The van der Waals surface area contributed by atoms with Crippen LogP contribution in [0.25, 0.3) is 0 Å². The van der Waals surface area contributed by atoms with Gasteiger partial charge < -0.3 is 18.3 Å². The van der Waals surface area contributed by atoms with Crippen LogP contribution in [0.2, 0.25) is 12.1 Å². The second-order valence-electron chi connectivity index (χ2n) is 5.09. The van der Waals surface area contributed by atoms with Gasteiger partial charge in [0, 0.05) is 19.8 Å². The highest BCUT2D eigenvalue weighted by Gasteiger charge is 2.34. The molecule has 0 amide bonds. The summed E-state index contributed by atoms with van der Waals surface area (Å²) in [5, 5.41) is 0. The number of hydrogen-bond acceptors (Lipinski definition) is 4. The van der Waals surface area contributed by atoms with Crippen LogP contribution in [-0.2, 0) is 18.3 Å². The summed E-state index contributed by atoms with van der Waals surface area (Å²) >= 11 is 0. The average Bonchev–Trinajstić information content (AvgIpc) is 3.25. The molecule has 0 aromatic heterocycles. The monoisotopic (exact) mass is 290 g/mol. The third kappa shape index (κ3) is 7.42. The van der Waals surface area contributed by atoms with Gasteiger partial charge in [0.15, 0.2) is 0 Å². The Morgan fingerprint density at radius 3 is 2.16 bits per heavy atom. The van der Waals surface area contributed by atoms with Crippen LogP contribution in [0.15, 0.2) is 0 Å². The molecule has 1 atom stereocenters. The molecule has 4 nitrogen and oxygen atoms in total. The first-order valence-corrected chi connectivity index (χ1v) is 9.96. The molecule has 1 fully saturated rings.